The molecule has 0 aliphatic rings. The number of carbonyl (C=O) groups is 1. The molecule has 0 atom stereocenters. The van der Waals surface area contributed by atoms with Crippen molar-refractivity contribution in [2.45, 2.75) is 13.5 Å². The number of halogens is 3. The van der Waals surface area contributed by atoms with Crippen LogP contribution < -0.4 is 21.5 Å². The van der Waals surface area contributed by atoms with E-state index >= 15 is 0 Å². The Morgan fingerprint density at radius 3 is 2.68 bits per heavy atom. The lowest BCUT2D eigenvalue weighted by atomic mass is 10.1. The number of hydrogen-bond acceptors (Lipinski definition) is 1. The van der Waals surface area contributed by atoms with Gasteiger partial charge in [-0.1, -0.05) is 6.07 Å². The number of aromatic nitrogens is 1. The Balaban J connectivity index is 0.00000180. The lowest BCUT2D eigenvalue weighted by Gasteiger charge is -2.03. The smallest absolute Gasteiger partial charge is 0.228 e. The molecule has 0 fully saturated rings. The fourth-order valence-electron chi connectivity index (χ4n) is 1.69. The van der Waals surface area contributed by atoms with Crippen LogP contribution in [0.5, 0.6) is 0 Å². The Morgan fingerprint density at radius 2 is 2.05 bits per heavy atom. The highest BCUT2D eigenvalue weighted by molar-refractivity contribution is 9.10. The molecular formula is C14H12Br2FNO. The van der Waals surface area contributed by atoms with Gasteiger partial charge < -0.3 is 17.0 Å². The summed E-state index contributed by atoms with van der Waals surface area (Å²) in [6.07, 6.45) is 1.85. The van der Waals surface area contributed by atoms with Gasteiger partial charge in [-0.3, -0.25) is 4.79 Å². The van der Waals surface area contributed by atoms with Gasteiger partial charge in [0.25, 0.3) is 0 Å². The largest absolute Gasteiger partial charge is 1.00 e. The van der Waals surface area contributed by atoms with E-state index in [0.29, 0.717) is 10.0 Å². The maximum atomic E-state index is 13.0. The Morgan fingerprint density at radius 1 is 1.32 bits per heavy atom. The molecule has 0 N–H and O–H groups in total. The number of ketones is 1. The van der Waals surface area contributed by atoms with Crippen LogP contribution in [0, 0.1) is 12.7 Å². The third kappa shape index (κ3) is 3.94. The van der Waals surface area contributed by atoms with E-state index in [1.54, 1.807) is 0 Å². The van der Waals surface area contributed by atoms with Crippen molar-refractivity contribution in [1.82, 2.24) is 0 Å². The molecule has 1 aromatic carbocycles. The van der Waals surface area contributed by atoms with Gasteiger partial charge in [0, 0.05) is 29.1 Å². The van der Waals surface area contributed by atoms with Gasteiger partial charge >= 0.3 is 0 Å². The molecule has 2 rings (SSSR count). The quantitative estimate of drug-likeness (QED) is 0.538. The van der Waals surface area contributed by atoms with E-state index in [9.17, 15) is 9.18 Å². The number of carbonyl (C=O) groups excluding carboxylic acids is 1. The van der Waals surface area contributed by atoms with Crippen molar-refractivity contribution in [3.8, 4) is 0 Å². The zero-order valence-corrected chi connectivity index (χ0v) is 13.4. The van der Waals surface area contributed by atoms with E-state index in [1.165, 1.54) is 18.2 Å². The summed E-state index contributed by atoms with van der Waals surface area (Å²) in [4.78, 5) is 12.1. The highest BCUT2D eigenvalue weighted by Gasteiger charge is 2.16. The van der Waals surface area contributed by atoms with Gasteiger partial charge in [-0.15, -0.1) is 0 Å². The molecule has 0 saturated carbocycles. The summed E-state index contributed by atoms with van der Waals surface area (Å²) in [5, 5.41) is 0. The highest BCUT2D eigenvalue weighted by Crippen LogP contribution is 2.18. The maximum absolute atomic E-state index is 13.0. The molecule has 19 heavy (non-hydrogen) atoms. The molecule has 0 bridgehead atoms. The van der Waals surface area contributed by atoms with Crippen LogP contribution in [-0.4, -0.2) is 5.78 Å². The molecule has 0 aliphatic heterocycles. The van der Waals surface area contributed by atoms with Crippen LogP contribution >= 0.6 is 15.9 Å². The van der Waals surface area contributed by atoms with Crippen LogP contribution in [0.4, 0.5) is 4.39 Å². The lowest BCUT2D eigenvalue weighted by molar-refractivity contribution is -0.689. The summed E-state index contributed by atoms with van der Waals surface area (Å²) in [6.45, 7) is 2.18. The lowest BCUT2D eigenvalue weighted by Crippen LogP contribution is -3.00. The number of pyridine rings is 1. The molecule has 0 saturated heterocycles. The van der Waals surface area contributed by atoms with E-state index in [4.69, 9.17) is 0 Å². The first kappa shape index (κ1) is 16.0. The average molecular weight is 389 g/mol. The third-order valence-corrected chi connectivity index (χ3v) is 3.37. The van der Waals surface area contributed by atoms with Gasteiger partial charge in [-0.05, 0) is 34.1 Å². The third-order valence-electron chi connectivity index (χ3n) is 2.71. The minimum absolute atomic E-state index is 0. The Kier molecular flexibility index (Phi) is 5.82. The van der Waals surface area contributed by atoms with Crippen LogP contribution in [0.15, 0.2) is 47.1 Å². The summed E-state index contributed by atoms with van der Waals surface area (Å²) in [5.41, 5.74) is 1.50. The Labute approximate surface area is 130 Å². The zero-order valence-electron chi connectivity index (χ0n) is 10.2. The Hall–Kier alpha value is -1.07. The van der Waals surface area contributed by atoms with Gasteiger partial charge in [0.15, 0.2) is 11.9 Å². The van der Waals surface area contributed by atoms with Crippen LogP contribution in [0.1, 0.15) is 16.1 Å². The summed E-state index contributed by atoms with van der Waals surface area (Å²) in [5.74, 6) is -0.414. The van der Waals surface area contributed by atoms with Crippen LogP contribution in [-0.2, 0) is 6.54 Å². The second-order valence-corrected chi connectivity index (χ2v) is 4.87. The van der Waals surface area contributed by atoms with Crippen molar-refractivity contribution >= 4 is 21.7 Å². The molecule has 5 heteroatoms. The van der Waals surface area contributed by atoms with Crippen molar-refractivity contribution in [2.24, 2.45) is 0 Å². The van der Waals surface area contributed by atoms with E-state index < -0.39 is 0 Å². The topological polar surface area (TPSA) is 20.9 Å². The summed E-state index contributed by atoms with van der Waals surface area (Å²) >= 11 is 3.21. The summed E-state index contributed by atoms with van der Waals surface area (Å²) in [6, 6.07) is 9.83. The zero-order chi connectivity index (χ0) is 13.1. The van der Waals surface area contributed by atoms with Gasteiger partial charge in [0.05, 0.1) is 0 Å². The number of hydrogen-bond donors (Lipinski definition) is 0. The van der Waals surface area contributed by atoms with Crippen molar-refractivity contribution in [2.75, 3.05) is 0 Å². The number of aryl methyl sites for hydroxylation is 1. The summed E-state index contributed by atoms with van der Waals surface area (Å²) < 4.78 is 15.3. The van der Waals surface area contributed by atoms with E-state index in [0.717, 1.165) is 5.69 Å². The maximum Gasteiger partial charge on any atom is 0.228 e. The van der Waals surface area contributed by atoms with Crippen molar-refractivity contribution in [3.63, 3.8) is 0 Å². The minimum atomic E-state index is -0.359. The first-order chi connectivity index (χ1) is 8.58. The van der Waals surface area contributed by atoms with Gasteiger partial charge in [0.1, 0.15) is 5.82 Å². The van der Waals surface area contributed by atoms with E-state index in [-0.39, 0.29) is 35.1 Å². The van der Waals surface area contributed by atoms with Gasteiger partial charge in [-0.25, -0.2) is 4.39 Å². The van der Waals surface area contributed by atoms with Crippen molar-refractivity contribution in [3.05, 3.63) is 64.1 Å². The average Bonchev–Trinajstić information content (AvgIpc) is 2.32. The molecule has 0 spiro atoms. The van der Waals surface area contributed by atoms with Crippen LogP contribution in [0.2, 0.25) is 0 Å². The molecule has 2 nitrogen and oxygen atoms in total. The minimum Gasteiger partial charge on any atom is -1.00 e. The molecule has 0 radical (unpaired) electrons. The molecule has 0 amide bonds. The fraction of sp³-hybridized carbons (Fsp3) is 0.143. The van der Waals surface area contributed by atoms with Crippen LogP contribution in [0.25, 0.3) is 0 Å². The first-order valence-corrected chi connectivity index (χ1v) is 6.30. The highest BCUT2D eigenvalue weighted by atomic mass is 79.9. The molecular weight excluding hydrogens is 377 g/mol. The standard InChI is InChI=1S/C14H12BrFNO.BrH/c1-10-4-2-3-7-17(10)9-14(18)12-6-5-11(16)8-13(12)15;/h2-8H,9H2,1H3;1H/q+1;/p-1. The Bertz CT molecular complexity index is 602. The van der Waals surface area contributed by atoms with Gasteiger partial charge in [-0.2, -0.15) is 4.57 Å². The SMILES string of the molecule is Cc1cccc[n+]1CC(=O)c1ccc(F)cc1Br.[Br-]. The first-order valence-electron chi connectivity index (χ1n) is 5.51. The normalized spacial score (nSPS) is 9.84. The van der Waals surface area contributed by atoms with Gasteiger partial charge in [0.2, 0.25) is 12.3 Å². The van der Waals surface area contributed by atoms with Crippen LogP contribution in [0.3, 0.4) is 0 Å². The predicted octanol–water partition coefficient (Wildman–Crippen LogP) is 0.0710. The molecule has 0 unspecified atom stereocenters. The monoisotopic (exact) mass is 387 g/mol. The van der Waals surface area contributed by atoms with E-state index in [2.05, 4.69) is 15.9 Å². The number of rotatable bonds is 3. The molecule has 1 heterocycles. The molecule has 100 valence electrons. The van der Waals surface area contributed by atoms with Crippen molar-refractivity contribution in [1.29, 1.82) is 0 Å². The second kappa shape index (κ2) is 6.91. The molecule has 1 aromatic heterocycles. The molecule has 0 aliphatic carbocycles. The fourth-order valence-corrected chi connectivity index (χ4v) is 2.27. The predicted molar refractivity (Wildman–Crippen MR) is 69.8 cm³/mol. The number of Topliss-reactive ketones (excluding diaryl/α,β-unsaturated/α-hetero) is 1. The second-order valence-electron chi connectivity index (χ2n) is 4.02. The number of benzene rings is 1. The van der Waals surface area contributed by atoms with E-state index in [1.807, 2.05) is 35.9 Å². The van der Waals surface area contributed by atoms with Crippen molar-refractivity contribution < 1.29 is 30.7 Å². The number of nitrogens with zero attached hydrogens (tertiary/aromatic N) is 1. The summed E-state index contributed by atoms with van der Waals surface area (Å²) in [7, 11) is 0. The molecule has 2 aromatic rings.